The van der Waals surface area contributed by atoms with Crippen molar-refractivity contribution < 1.29 is 5.11 Å². The second-order valence-electron chi connectivity index (χ2n) is 1.97. The maximum absolute atomic E-state index is 8.79. The summed E-state index contributed by atoms with van der Waals surface area (Å²) in [5.41, 5.74) is -0.134. The van der Waals surface area contributed by atoms with E-state index >= 15 is 0 Å². The number of aliphatic hydroxyl groups excluding tert-OH is 1. The van der Waals surface area contributed by atoms with Crippen molar-refractivity contribution in [2.24, 2.45) is 0 Å². The lowest BCUT2D eigenvalue weighted by molar-refractivity contribution is 0.263. The van der Waals surface area contributed by atoms with Crippen molar-refractivity contribution in [2.45, 2.75) is 12.5 Å². The number of hydrogen-bond acceptors (Lipinski definition) is 2. The van der Waals surface area contributed by atoms with E-state index in [1.807, 2.05) is 18.2 Å². The highest BCUT2D eigenvalue weighted by atomic mass is 35.5. The van der Waals surface area contributed by atoms with Crippen molar-refractivity contribution in [3.8, 4) is 6.07 Å². The Morgan fingerprint density at radius 3 is 2.08 bits per heavy atom. The van der Waals surface area contributed by atoms with E-state index in [1.54, 1.807) is 18.2 Å². The third kappa shape index (κ3) is 4.73. The summed E-state index contributed by atoms with van der Waals surface area (Å²) in [5.74, 6) is 0. The number of halogens is 1. The van der Waals surface area contributed by atoms with Gasteiger partial charge in [-0.3, -0.25) is 0 Å². The fraction of sp³-hybridized carbons (Fsp3) is 0.222. The third-order valence-corrected chi connectivity index (χ3v) is 1.33. The molecule has 1 aromatic carbocycles. The van der Waals surface area contributed by atoms with E-state index in [2.05, 4.69) is 0 Å². The van der Waals surface area contributed by atoms with Crippen LogP contribution in [-0.2, 0) is 0 Å². The molecule has 0 spiro atoms. The average Bonchev–Trinajstić information content (AvgIpc) is 2.07. The van der Waals surface area contributed by atoms with E-state index in [0.29, 0.717) is 0 Å². The van der Waals surface area contributed by atoms with Gasteiger partial charge in [0.1, 0.15) is 0 Å². The predicted octanol–water partition coefficient (Wildman–Crippen LogP) is 2.45. The molecule has 64 valence electrons. The van der Waals surface area contributed by atoms with Crippen LogP contribution in [0.4, 0.5) is 0 Å². The van der Waals surface area contributed by atoms with Gasteiger partial charge < -0.3 is 5.11 Å². The molecule has 12 heavy (non-hydrogen) atoms. The van der Waals surface area contributed by atoms with E-state index in [1.165, 1.54) is 6.92 Å². The SMILES string of the molecule is CC#N.OC(Cl)c1ccccc1. The smallest absolute Gasteiger partial charge is 0.153 e. The highest BCUT2D eigenvalue weighted by Crippen LogP contribution is 2.14. The van der Waals surface area contributed by atoms with Crippen LogP contribution in [0.25, 0.3) is 0 Å². The number of nitriles is 1. The predicted molar refractivity (Wildman–Crippen MR) is 48.5 cm³/mol. The van der Waals surface area contributed by atoms with Gasteiger partial charge in [0.15, 0.2) is 5.56 Å². The zero-order valence-electron chi connectivity index (χ0n) is 6.74. The second kappa shape index (κ2) is 6.66. The Bertz CT molecular complexity index is 240. The summed E-state index contributed by atoms with van der Waals surface area (Å²) in [6.45, 7) is 1.43. The molecule has 0 saturated carbocycles. The second-order valence-corrected chi connectivity index (χ2v) is 2.38. The van der Waals surface area contributed by atoms with Crippen LogP contribution in [0.1, 0.15) is 18.1 Å². The van der Waals surface area contributed by atoms with Crippen molar-refractivity contribution >= 4 is 11.6 Å². The van der Waals surface area contributed by atoms with E-state index in [0.717, 1.165) is 5.56 Å². The fourth-order valence-corrected chi connectivity index (χ4v) is 0.757. The summed E-state index contributed by atoms with van der Waals surface area (Å²) in [5, 5.41) is 16.1. The minimum atomic E-state index is -0.869. The molecule has 1 rings (SSSR count). The van der Waals surface area contributed by atoms with Crippen LogP contribution in [0.5, 0.6) is 0 Å². The molecule has 3 heteroatoms. The lowest BCUT2D eigenvalue weighted by atomic mass is 10.2. The molecule has 0 heterocycles. The van der Waals surface area contributed by atoms with Gasteiger partial charge in [-0.1, -0.05) is 41.9 Å². The molecule has 1 unspecified atom stereocenters. The number of aliphatic hydroxyl groups is 1. The van der Waals surface area contributed by atoms with Gasteiger partial charge in [-0.2, -0.15) is 5.26 Å². The van der Waals surface area contributed by atoms with Crippen LogP contribution in [0.15, 0.2) is 30.3 Å². The first-order chi connectivity index (χ1) is 5.72. The van der Waals surface area contributed by atoms with Gasteiger partial charge in [0.25, 0.3) is 0 Å². The van der Waals surface area contributed by atoms with Crippen LogP contribution in [0, 0.1) is 11.3 Å². The number of rotatable bonds is 1. The fourth-order valence-electron chi connectivity index (χ4n) is 0.612. The Balaban J connectivity index is 0.000000354. The standard InChI is InChI=1S/C7H7ClO.C2H3N/c8-7(9)6-4-2-1-3-5-6;1-2-3/h1-5,7,9H;1H3. The highest BCUT2D eigenvalue weighted by molar-refractivity contribution is 6.19. The van der Waals surface area contributed by atoms with Crippen molar-refractivity contribution in [1.82, 2.24) is 0 Å². The molecule has 0 aromatic heterocycles. The molecule has 0 saturated heterocycles. The van der Waals surface area contributed by atoms with E-state index < -0.39 is 5.56 Å². The Hall–Kier alpha value is -1.04. The Labute approximate surface area is 77.0 Å². The molecule has 1 atom stereocenters. The minimum Gasteiger partial charge on any atom is -0.373 e. The number of nitrogens with zero attached hydrogens (tertiary/aromatic N) is 1. The molecule has 0 fully saturated rings. The molecule has 0 radical (unpaired) electrons. The Morgan fingerprint density at radius 1 is 1.42 bits per heavy atom. The lowest BCUT2D eigenvalue weighted by Crippen LogP contribution is -1.84. The molecular formula is C9H10ClNO. The van der Waals surface area contributed by atoms with Crippen molar-refractivity contribution in [1.29, 1.82) is 5.26 Å². The van der Waals surface area contributed by atoms with Gasteiger partial charge in [-0.25, -0.2) is 0 Å². The van der Waals surface area contributed by atoms with Crippen molar-refractivity contribution in [3.63, 3.8) is 0 Å². The van der Waals surface area contributed by atoms with Gasteiger partial charge >= 0.3 is 0 Å². The van der Waals surface area contributed by atoms with Crippen LogP contribution in [-0.4, -0.2) is 5.11 Å². The minimum absolute atomic E-state index is 0.735. The molecule has 0 aliphatic carbocycles. The van der Waals surface area contributed by atoms with Gasteiger partial charge in [-0.15, -0.1) is 0 Å². The molecule has 0 aliphatic rings. The summed E-state index contributed by atoms with van der Waals surface area (Å²) in [4.78, 5) is 0. The maximum Gasteiger partial charge on any atom is 0.153 e. The third-order valence-electron chi connectivity index (χ3n) is 1.07. The highest BCUT2D eigenvalue weighted by Gasteiger charge is 1.97. The zero-order chi connectivity index (χ0) is 9.40. The maximum atomic E-state index is 8.79. The number of alkyl halides is 1. The summed E-state index contributed by atoms with van der Waals surface area (Å²) in [7, 11) is 0. The summed E-state index contributed by atoms with van der Waals surface area (Å²) < 4.78 is 0. The van der Waals surface area contributed by atoms with Crippen LogP contribution >= 0.6 is 11.6 Å². The number of benzene rings is 1. The quantitative estimate of drug-likeness (QED) is 0.680. The molecule has 1 N–H and O–H groups in total. The van der Waals surface area contributed by atoms with E-state index in [4.69, 9.17) is 22.0 Å². The van der Waals surface area contributed by atoms with Gasteiger partial charge in [0.2, 0.25) is 0 Å². The molecule has 0 bridgehead atoms. The summed E-state index contributed by atoms with van der Waals surface area (Å²) in [6, 6.07) is 10.8. The molecule has 0 amide bonds. The molecule has 2 nitrogen and oxygen atoms in total. The molecular weight excluding hydrogens is 174 g/mol. The largest absolute Gasteiger partial charge is 0.373 e. The summed E-state index contributed by atoms with van der Waals surface area (Å²) >= 11 is 5.36. The van der Waals surface area contributed by atoms with E-state index in [9.17, 15) is 0 Å². The molecule has 0 aliphatic heterocycles. The summed E-state index contributed by atoms with van der Waals surface area (Å²) in [6.07, 6.45) is 0. The van der Waals surface area contributed by atoms with Crippen LogP contribution in [0.2, 0.25) is 0 Å². The van der Waals surface area contributed by atoms with Gasteiger partial charge in [-0.05, 0) is 5.56 Å². The number of hydrogen-bond donors (Lipinski definition) is 1. The first kappa shape index (κ1) is 11.0. The van der Waals surface area contributed by atoms with Crippen molar-refractivity contribution in [3.05, 3.63) is 35.9 Å². The topological polar surface area (TPSA) is 44.0 Å². The van der Waals surface area contributed by atoms with Crippen LogP contribution < -0.4 is 0 Å². The van der Waals surface area contributed by atoms with Gasteiger partial charge in [0, 0.05) is 6.92 Å². The average molecular weight is 184 g/mol. The Morgan fingerprint density at radius 2 is 1.83 bits per heavy atom. The van der Waals surface area contributed by atoms with Crippen LogP contribution in [0.3, 0.4) is 0 Å². The van der Waals surface area contributed by atoms with E-state index in [-0.39, 0.29) is 0 Å². The molecule has 1 aromatic rings. The van der Waals surface area contributed by atoms with Crippen molar-refractivity contribution in [2.75, 3.05) is 0 Å². The lowest BCUT2D eigenvalue weighted by Gasteiger charge is -1.98. The zero-order valence-corrected chi connectivity index (χ0v) is 7.49. The normalized spacial score (nSPS) is 10.5. The Kier molecular flexibility index (Phi) is 6.08. The monoisotopic (exact) mass is 183 g/mol. The first-order valence-corrected chi connectivity index (χ1v) is 3.84. The first-order valence-electron chi connectivity index (χ1n) is 3.40. The van der Waals surface area contributed by atoms with Gasteiger partial charge in [0.05, 0.1) is 6.07 Å².